The summed E-state index contributed by atoms with van der Waals surface area (Å²) < 4.78 is 43.9. The molecule has 1 N–H and O–H groups in total. The first kappa shape index (κ1) is 16.9. The van der Waals surface area contributed by atoms with E-state index in [0.29, 0.717) is 17.1 Å². The lowest BCUT2D eigenvalue weighted by Gasteiger charge is -2.11. The molecule has 0 unspecified atom stereocenters. The average molecular weight is 347 g/mol. The molecule has 0 atom stereocenters. The maximum absolute atomic E-state index is 14.1. The Balaban J connectivity index is 2.24. The number of aromatic nitrogens is 1. The Bertz CT molecular complexity index is 888. The maximum atomic E-state index is 14.1. The number of nitrogens with zero attached hydrogens (tertiary/aromatic N) is 1. The molecule has 0 amide bonds. The summed E-state index contributed by atoms with van der Waals surface area (Å²) in [5.74, 6) is -0.970. The standard InChI is InChI=1S/C18H15F2NO4/c1-23-14-8-3-5-10(17(14)24-2)16-11(9-22)18(25-21-16)15-12(19)6-4-7-13(15)20/h3-8,22H,9H2,1-2H3. The molecule has 0 radical (unpaired) electrons. The number of aliphatic hydroxyl groups excluding tert-OH is 1. The number of rotatable bonds is 5. The summed E-state index contributed by atoms with van der Waals surface area (Å²) in [7, 11) is 2.94. The smallest absolute Gasteiger partial charge is 0.178 e. The van der Waals surface area contributed by atoms with Crippen molar-refractivity contribution in [1.82, 2.24) is 5.16 Å². The van der Waals surface area contributed by atoms with Crippen LogP contribution in [-0.4, -0.2) is 24.5 Å². The number of ether oxygens (including phenoxy) is 2. The number of benzene rings is 2. The Hall–Kier alpha value is -2.93. The van der Waals surface area contributed by atoms with Gasteiger partial charge in [0.2, 0.25) is 0 Å². The van der Waals surface area contributed by atoms with E-state index in [0.717, 1.165) is 12.1 Å². The predicted molar refractivity (Wildman–Crippen MR) is 86.3 cm³/mol. The quantitative estimate of drug-likeness (QED) is 0.761. The minimum atomic E-state index is -0.810. The molecule has 3 aromatic rings. The number of hydrogen-bond acceptors (Lipinski definition) is 5. The van der Waals surface area contributed by atoms with E-state index in [-0.39, 0.29) is 22.6 Å². The highest BCUT2D eigenvalue weighted by molar-refractivity contribution is 5.78. The molecule has 7 heteroatoms. The number of aliphatic hydroxyl groups is 1. The van der Waals surface area contributed by atoms with Gasteiger partial charge in [-0.2, -0.15) is 0 Å². The van der Waals surface area contributed by atoms with E-state index < -0.39 is 18.2 Å². The molecule has 1 heterocycles. The lowest BCUT2D eigenvalue weighted by Crippen LogP contribution is -1.96. The summed E-state index contributed by atoms with van der Waals surface area (Å²) >= 11 is 0. The third-order valence-electron chi connectivity index (χ3n) is 3.79. The second-order valence-electron chi connectivity index (χ2n) is 5.13. The van der Waals surface area contributed by atoms with E-state index in [2.05, 4.69) is 5.16 Å². The van der Waals surface area contributed by atoms with Crippen molar-refractivity contribution in [2.75, 3.05) is 14.2 Å². The molecule has 0 fully saturated rings. The van der Waals surface area contributed by atoms with E-state index >= 15 is 0 Å². The molecule has 25 heavy (non-hydrogen) atoms. The monoisotopic (exact) mass is 347 g/mol. The van der Waals surface area contributed by atoms with Crippen LogP contribution < -0.4 is 9.47 Å². The summed E-state index contributed by atoms with van der Waals surface area (Å²) in [6, 6.07) is 8.53. The zero-order valence-corrected chi connectivity index (χ0v) is 13.5. The van der Waals surface area contributed by atoms with Crippen molar-refractivity contribution in [2.24, 2.45) is 0 Å². The highest BCUT2D eigenvalue weighted by atomic mass is 19.1. The van der Waals surface area contributed by atoms with Gasteiger partial charge in [0.05, 0.1) is 37.5 Å². The Morgan fingerprint density at radius 3 is 2.32 bits per heavy atom. The van der Waals surface area contributed by atoms with Crippen LogP contribution in [0, 0.1) is 11.6 Å². The Labute approximate surface area is 142 Å². The first-order valence-corrected chi connectivity index (χ1v) is 7.37. The molecule has 2 aromatic carbocycles. The second kappa shape index (κ2) is 6.90. The molecule has 0 saturated carbocycles. The van der Waals surface area contributed by atoms with Gasteiger partial charge in [-0.3, -0.25) is 0 Å². The van der Waals surface area contributed by atoms with E-state index in [1.54, 1.807) is 18.2 Å². The summed E-state index contributed by atoms with van der Waals surface area (Å²) in [4.78, 5) is 0. The fourth-order valence-electron chi connectivity index (χ4n) is 2.65. The minimum Gasteiger partial charge on any atom is -0.493 e. The van der Waals surface area contributed by atoms with E-state index in [9.17, 15) is 13.9 Å². The summed E-state index contributed by atoms with van der Waals surface area (Å²) in [6.45, 7) is -0.525. The second-order valence-corrected chi connectivity index (χ2v) is 5.13. The first-order chi connectivity index (χ1) is 12.1. The van der Waals surface area contributed by atoms with Gasteiger partial charge in [-0.15, -0.1) is 0 Å². The van der Waals surface area contributed by atoms with Crippen LogP contribution in [0.25, 0.3) is 22.6 Å². The summed E-state index contributed by atoms with van der Waals surface area (Å²) in [5.41, 5.74) is 0.455. The maximum Gasteiger partial charge on any atom is 0.178 e. The Morgan fingerprint density at radius 2 is 1.72 bits per heavy atom. The lowest BCUT2D eigenvalue weighted by atomic mass is 10.0. The molecule has 0 bridgehead atoms. The van der Waals surface area contributed by atoms with Crippen LogP contribution >= 0.6 is 0 Å². The van der Waals surface area contributed by atoms with Crippen molar-refractivity contribution in [3.8, 4) is 34.1 Å². The van der Waals surface area contributed by atoms with Crippen LogP contribution in [0.1, 0.15) is 5.56 Å². The SMILES string of the molecule is COc1cccc(-c2noc(-c3c(F)cccc3F)c2CO)c1OC. The molecule has 0 aliphatic carbocycles. The third-order valence-corrected chi connectivity index (χ3v) is 3.79. The molecule has 0 aliphatic heterocycles. The van der Waals surface area contributed by atoms with Gasteiger partial charge >= 0.3 is 0 Å². The molecule has 130 valence electrons. The molecular weight excluding hydrogens is 332 g/mol. The van der Waals surface area contributed by atoms with Crippen LogP contribution in [0.5, 0.6) is 11.5 Å². The molecule has 0 spiro atoms. The van der Waals surface area contributed by atoms with Crippen molar-refractivity contribution in [3.05, 3.63) is 53.6 Å². The lowest BCUT2D eigenvalue weighted by molar-refractivity contribution is 0.281. The molecular formula is C18H15F2NO4. The van der Waals surface area contributed by atoms with Crippen molar-refractivity contribution in [2.45, 2.75) is 6.61 Å². The van der Waals surface area contributed by atoms with Gasteiger partial charge < -0.3 is 19.1 Å². The van der Waals surface area contributed by atoms with Crippen LogP contribution in [0.4, 0.5) is 8.78 Å². The van der Waals surface area contributed by atoms with Crippen molar-refractivity contribution in [3.63, 3.8) is 0 Å². The van der Waals surface area contributed by atoms with Gasteiger partial charge in [-0.1, -0.05) is 17.3 Å². The van der Waals surface area contributed by atoms with Gasteiger partial charge in [0.1, 0.15) is 17.3 Å². The largest absolute Gasteiger partial charge is 0.493 e. The zero-order valence-electron chi connectivity index (χ0n) is 13.5. The predicted octanol–water partition coefficient (Wildman–Crippen LogP) is 3.80. The van der Waals surface area contributed by atoms with Gasteiger partial charge in [-0.25, -0.2) is 8.78 Å². The molecule has 1 aromatic heterocycles. The van der Waals surface area contributed by atoms with Crippen molar-refractivity contribution < 1.29 is 27.9 Å². The van der Waals surface area contributed by atoms with E-state index in [4.69, 9.17) is 14.0 Å². The topological polar surface area (TPSA) is 64.7 Å². The first-order valence-electron chi connectivity index (χ1n) is 7.37. The molecule has 0 aliphatic rings. The number of hydrogen-bond donors (Lipinski definition) is 1. The average Bonchev–Trinajstić information content (AvgIpc) is 3.04. The van der Waals surface area contributed by atoms with Crippen LogP contribution in [0.3, 0.4) is 0 Å². The summed E-state index contributed by atoms with van der Waals surface area (Å²) in [6.07, 6.45) is 0. The van der Waals surface area contributed by atoms with Gasteiger partial charge in [-0.05, 0) is 24.3 Å². The highest BCUT2D eigenvalue weighted by Crippen LogP contribution is 2.41. The van der Waals surface area contributed by atoms with E-state index in [1.807, 2.05) is 0 Å². The molecule has 0 saturated heterocycles. The van der Waals surface area contributed by atoms with Gasteiger partial charge in [0.15, 0.2) is 17.3 Å². The fourth-order valence-corrected chi connectivity index (χ4v) is 2.65. The van der Waals surface area contributed by atoms with Crippen LogP contribution in [0.15, 0.2) is 40.9 Å². The van der Waals surface area contributed by atoms with Crippen LogP contribution in [0.2, 0.25) is 0 Å². The minimum absolute atomic E-state index is 0.149. The zero-order chi connectivity index (χ0) is 18.0. The van der Waals surface area contributed by atoms with Crippen LogP contribution in [-0.2, 0) is 6.61 Å². The number of halogens is 2. The Morgan fingerprint density at radius 1 is 1.04 bits per heavy atom. The van der Waals surface area contributed by atoms with Gasteiger partial charge in [0.25, 0.3) is 0 Å². The van der Waals surface area contributed by atoms with E-state index in [1.165, 1.54) is 20.3 Å². The van der Waals surface area contributed by atoms with Crippen molar-refractivity contribution in [1.29, 1.82) is 0 Å². The number of para-hydroxylation sites is 1. The third kappa shape index (κ3) is 2.83. The van der Waals surface area contributed by atoms with Gasteiger partial charge in [0, 0.05) is 0 Å². The highest BCUT2D eigenvalue weighted by Gasteiger charge is 2.26. The summed E-state index contributed by atoms with van der Waals surface area (Å²) in [5, 5.41) is 13.7. The molecule has 5 nitrogen and oxygen atoms in total. The number of methoxy groups -OCH3 is 2. The molecule has 3 rings (SSSR count). The Kier molecular flexibility index (Phi) is 4.67. The van der Waals surface area contributed by atoms with Crippen molar-refractivity contribution >= 4 is 0 Å². The normalized spacial score (nSPS) is 10.8. The fraction of sp³-hybridized carbons (Fsp3) is 0.167.